The fraction of sp³-hybridized carbons (Fsp3) is 0.500. The van der Waals surface area contributed by atoms with Gasteiger partial charge in [0.05, 0.1) is 13.7 Å². The molecule has 1 heterocycles. The molecule has 148 valence electrons. The molecule has 27 heavy (non-hydrogen) atoms. The summed E-state index contributed by atoms with van der Waals surface area (Å²) in [5.74, 6) is 2.55. The molecule has 2 N–H and O–H groups in total. The molecular formula is C20H31N5O2. The first-order chi connectivity index (χ1) is 13.2. The van der Waals surface area contributed by atoms with Crippen LogP contribution in [0.4, 0.5) is 5.69 Å². The zero-order valence-electron chi connectivity index (χ0n) is 16.6. The van der Waals surface area contributed by atoms with Crippen molar-refractivity contribution < 1.29 is 9.47 Å². The first-order valence-electron chi connectivity index (χ1n) is 9.39. The van der Waals surface area contributed by atoms with Gasteiger partial charge in [0.1, 0.15) is 5.82 Å². The van der Waals surface area contributed by atoms with Crippen LogP contribution < -0.4 is 20.1 Å². The molecule has 1 aromatic carbocycles. The number of benzene rings is 1. The van der Waals surface area contributed by atoms with Gasteiger partial charge in [0.25, 0.3) is 0 Å². The summed E-state index contributed by atoms with van der Waals surface area (Å²) in [6.45, 7) is 9.57. The fourth-order valence-electron chi connectivity index (χ4n) is 2.94. The molecule has 0 saturated carbocycles. The second-order valence-corrected chi connectivity index (χ2v) is 6.26. The lowest BCUT2D eigenvalue weighted by atomic mass is 10.2. The molecule has 1 fully saturated rings. The summed E-state index contributed by atoms with van der Waals surface area (Å²) in [5.41, 5.74) is 0.863. The normalized spacial score (nSPS) is 15.5. The largest absolute Gasteiger partial charge is 0.493 e. The van der Waals surface area contributed by atoms with Gasteiger partial charge in [0, 0.05) is 25.3 Å². The van der Waals surface area contributed by atoms with Crippen molar-refractivity contribution in [2.24, 2.45) is 9.98 Å². The number of methoxy groups -OCH3 is 1. The first kappa shape index (κ1) is 20.8. The van der Waals surface area contributed by atoms with Gasteiger partial charge in [0.2, 0.25) is 5.96 Å². The maximum atomic E-state index is 5.98. The number of rotatable bonds is 9. The molecule has 0 aromatic heterocycles. The van der Waals surface area contributed by atoms with Crippen LogP contribution in [0.1, 0.15) is 26.2 Å². The molecule has 1 saturated heterocycles. The van der Waals surface area contributed by atoms with Crippen molar-refractivity contribution >= 4 is 18.4 Å². The van der Waals surface area contributed by atoms with E-state index in [1.807, 2.05) is 31.2 Å². The Bertz CT molecular complexity index is 666. The lowest BCUT2D eigenvalue weighted by Crippen LogP contribution is -2.21. The van der Waals surface area contributed by atoms with E-state index >= 15 is 0 Å². The van der Waals surface area contributed by atoms with E-state index in [9.17, 15) is 0 Å². The van der Waals surface area contributed by atoms with Crippen LogP contribution in [-0.4, -0.2) is 58.0 Å². The van der Waals surface area contributed by atoms with Crippen LogP contribution in [-0.2, 0) is 0 Å². The highest BCUT2D eigenvalue weighted by Crippen LogP contribution is 2.31. The molecule has 2 rings (SSSR count). The molecule has 7 nitrogen and oxygen atoms in total. The summed E-state index contributed by atoms with van der Waals surface area (Å²) in [5, 5.41) is 6.14. The predicted molar refractivity (Wildman–Crippen MR) is 112 cm³/mol. The van der Waals surface area contributed by atoms with Crippen molar-refractivity contribution in [3.63, 3.8) is 0 Å². The van der Waals surface area contributed by atoms with E-state index in [0.29, 0.717) is 18.4 Å². The zero-order chi connectivity index (χ0) is 19.5. The molecule has 0 atom stereocenters. The van der Waals surface area contributed by atoms with E-state index in [-0.39, 0.29) is 0 Å². The number of hydrogen-bond acceptors (Lipinski definition) is 5. The number of ether oxygens (including phenoxy) is 2. The second kappa shape index (κ2) is 11.2. The molecule has 1 aliphatic heterocycles. The average Bonchev–Trinajstić information content (AvgIpc) is 3.22. The first-order valence-corrected chi connectivity index (χ1v) is 9.39. The van der Waals surface area contributed by atoms with Crippen LogP contribution in [0.15, 0.2) is 40.1 Å². The summed E-state index contributed by atoms with van der Waals surface area (Å²) >= 11 is 0. The average molecular weight is 374 g/mol. The van der Waals surface area contributed by atoms with E-state index in [1.54, 1.807) is 14.2 Å². The summed E-state index contributed by atoms with van der Waals surface area (Å²) in [4.78, 5) is 10.7. The minimum absolute atomic E-state index is 0.447. The Kier molecular flexibility index (Phi) is 8.64. The smallest absolute Gasteiger partial charge is 0.223 e. The number of anilines is 1. The third kappa shape index (κ3) is 6.60. The highest BCUT2D eigenvalue weighted by atomic mass is 16.5. The van der Waals surface area contributed by atoms with Crippen molar-refractivity contribution in [2.75, 3.05) is 45.7 Å². The summed E-state index contributed by atoms with van der Waals surface area (Å²) in [7, 11) is 3.40. The van der Waals surface area contributed by atoms with Crippen molar-refractivity contribution in [2.45, 2.75) is 26.2 Å². The number of likely N-dealkylation sites (tertiary alicyclic amines) is 1. The third-order valence-corrected chi connectivity index (χ3v) is 4.38. The third-order valence-electron chi connectivity index (χ3n) is 4.38. The Balaban J connectivity index is 1.98. The quantitative estimate of drug-likeness (QED) is 0.395. The van der Waals surface area contributed by atoms with Crippen molar-refractivity contribution in [3.8, 4) is 11.5 Å². The lowest BCUT2D eigenvalue weighted by Gasteiger charge is -2.16. The molecule has 0 aliphatic carbocycles. The van der Waals surface area contributed by atoms with E-state index in [4.69, 9.17) is 9.47 Å². The van der Waals surface area contributed by atoms with Crippen LogP contribution in [0.5, 0.6) is 11.5 Å². The van der Waals surface area contributed by atoms with Gasteiger partial charge >= 0.3 is 0 Å². The van der Waals surface area contributed by atoms with Crippen molar-refractivity contribution in [1.29, 1.82) is 0 Å². The minimum Gasteiger partial charge on any atom is -0.493 e. The van der Waals surface area contributed by atoms with Gasteiger partial charge in [0.15, 0.2) is 11.5 Å². The number of aliphatic imine (C=N–C) groups is 2. The molecule has 7 heteroatoms. The maximum Gasteiger partial charge on any atom is 0.223 e. The van der Waals surface area contributed by atoms with Gasteiger partial charge in [-0.1, -0.05) is 0 Å². The molecular weight excluding hydrogens is 342 g/mol. The summed E-state index contributed by atoms with van der Waals surface area (Å²) in [6, 6.07) is 5.74. The predicted octanol–water partition coefficient (Wildman–Crippen LogP) is 3.11. The Hall–Kier alpha value is -2.54. The Morgan fingerprint density at radius 3 is 2.70 bits per heavy atom. The summed E-state index contributed by atoms with van der Waals surface area (Å²) in [6.07, 6.45) is 5.49. The van der Waals surface area contributed by atoms with Gasteiger partial charge in [-0.25, -0.2) is 4.99 Å². The molecule has 0 bridgehead atoms. The van der Waals surface area contributed by atoms with Gasteiger partial charge < -0.3 is 25.0 Å². The van der Waals surface area contributed by atoms with E-state index in [2.05, 4.69) is 32.2 Å². The zero-order valence-corrected chi connectivity index (χ0v) is 16.6. The number of nitrogens with zero attached hydrogens (tertiary/aromatic N) is 3. The van der Waals surface area contributed by atoms with Crippen LogP contribution in [0.2, 0.25) is 0 Å². The van der Waals surface area contributed by atoms with Crippen LogP contribution in [0, 0.1) is 0 Å². The van der Waals surface area contributed by atoms with Gasteiger partial charge in [-0.15, -0.1) is 0 Å². The van der Waals surface area contributed by atoms with Crippen LogP contribution >= 0.6 is 0 Å². The lowest BCUT2D eigenvalue weighted by molar-refractivity contribution is 0.254. The standard InChI is InChI=1S/C20H31N5O2/c1-5-19(24-20(21-2)22-3)23-16-9-10-17(26-4)18(15-16)27-14-8-13-25-11-6-7-12-25/h5,9-10,15,23H,2,6-8,11-14H2,1,3-4H3,(H,22,24)/b19-5-. The molecule has 0 unspecified atom stereocenters. The van der Waals surface area contributed by atoms with Crippen LogP contribution in [0.3, 0.4) is 0 Å². The van der Waals surface area contributed by atoms with E-state index in [1.165, 1.54) is 25.9 Å². The highest BCUT2D eigenvalue weighted by molar-refractivity contribution is 5.84. The van der Waals surface area contributed by atoms with Gasteiger partial charge in [-0.2, -0.15) is 4.99 Å². The minimum atomic E-state index is 0.447. The van der Waals surface area contributed by atoms with Crippen molar-refractivity contribution in [3.05, 3.63) is 30.1 Å². The van der Waals surface area contributed by atoms with E-state index < -0.39 is 0 Å². The van der Waals surface area contributed by atoms with Crippen LogP contribution in [0.25, 0.3) is 0 Å². The molecule has 1 aromatic rings. The second-order valence-electron chi connectivity index (χ2n) is 6.26. The molecule has 0 spiro atoms. The number of allylic oxidation sites excluding steroid dienone is 1. The maximum absolute atomic E-state index is 5.98. The Labute approximate surface area is 162 Å². The van der Waals surface area contributed by atoms with Gasteiger partial charge in [-0.3, -0.25) is 0 Å². The molecule has 1 aliphatic rings. The van der Waals surface area contributed by atoms with E-state index in [0.717, 1.165) is 30.2 Å². The molecule has 0 amide bonds. The summed E-state index contributed by atoms with van der Waals surface area (Å²) < 4.78 is 11.4. The Morgan fingerprint density at radius 2 is 2.07 bits per heavy atom. The fourth-order valence-corrected chi connectivity index (χ4v) is 2.94. The number of guanidine groups is 1. The molecule has 0 radical (unpaired) electrons. The monoisotopic (exact) mass is 373 g/mol. The Morgan fingerprint density at radius 1 is 1.30 bits per heavy atom. The van der Waals surface area contributed by atoms with Gasteiger partial charge in [-0.05, 0) is 64.2 Å². The highest BCUT2D eigenvalue weighted by Gasteiger charge is 2.11. The number of nitrogens with one attached hydrogen (secondary N) is 2. The topological polar surface area (TPSA) is 70.5 Å². The van der Waals surface area contributed by atoms with Crippen molar-refractivity contribution in [1.82, 2.24) is 10.2 Å². The SMILES string of the molecule is C=N/C(=N\C(=C/C)Nc1ccc(OC)c(OCCCN2CCCC2)c1)NC. The number of hydrogen-bond donors (Lipinski definition) is 2.